The smallest absolute Gasteiger partial charge is 0.0771 e. The van der Waals surface area contributed by atoms with Gasteiger partial charge in [-0.1, -0.05) is 13.3 Å². The lowest BCUT2D eigenvalue weighted by Crippen LogP contribution is -2.52. The molecule has 0 aliphatic heterocycles. The largest absolute Gasteiger partial charge is 0.389 e. The van der Waals surface area contributed by atoms with Gasteiger partial charge in [-0.25, -0.2) is 0 Å². The molecule has 0 atom stereocenters. The minimum atomic E-state index is -0.442. The van der Waals surface area contributed by atoms with E-state index in [9.17, 15) is 5.11 Å². The molecule has 0 aromatic heterocycles. The molecule has 2 aliphatic rings. The first-order valence-electron chi connectivity index (χ1n) is 7.72. The molecule has 0 bridgehead atoms. The van der Waals surface area contributed by atoms with Gasteiger partial charge in [0.15, 0.2) is 0 Å². The van der Waals surface area contributed by atoms with E-state index in [-0.39, 0.29) is 0 Å². The van der Waals surface area contributed by atoms with Crippen LogP contribution in [0.2, 0.25) is 0 Å². The highest BCUT2D eigenvalue weighted by atomic mass is 16.5. The van der Waals surface area contributed by atoms with Gasteiger partial charge in [-0.05, 0) is 51.4 Å². The third-order valence-electron chi connectivity index (χ3n) is 4.83. The molecule has 0 spiro atoms. The average Bonchev–Trinajstić information content (AvgIpc) is 2.33. The van der Waals surface area contributed by atoms with Crippen molar-refractivity contribution in [1.82, 2.24) is 5.32 Å². The number of hydrogen-bond donors (Lipinski definition) is 2. The summed E-state index contributed by atoms with van der Waals surface area (Å²) in [6.07, 6.45) is 8.28. The van der Waals surface area contributed by atoms with Crippen molar-refractivity contribution in [3.05, 3.63) is 0 Å². The molecule has 0 aromatic rings. The molecule has 2 saturated carbocycles. The summed E-state index contributed by atoms with van der Waals surface area (Å²) in [5.41, 5.74) is -0.442. The van der Waals surface area contributed by atoms with E-state index in [0.717, 1.165) is 44.8 Å². The Morgan fingerprint density at radius 2 is 1.89 bits per heavy atom. The molecule has 0 aromatic carbocycles. The molecule has 106 valence electrons. The van der Waals surface area contributed by atoms with Crippen molar-refractivity contribution >= 4 is 0 Å². The van der Waals surface area contributed by atoms with E-state index in [4.69, 9.17) is 4.74 Å². The minimum Gasteiger partial charge on any atom is -0.389 e. The Kier molecular flexibility index (Phi) is 5.05. The van der Waals surface area contributed by atoms with Crippen LogP contribution in [0.1, 0.15) is 58.8 Å². The van der Waals surface area contributed by atoms with Crippen LogP contribution >= 0.6 is 0 Å². The molecule has 0 radical (unpaired) electrons. The summed E-state index contributed by atoms with van der Waals surface area (Å²) in [6.45, 7) is 5.90. The summed E-state index contributed by atoms with van der Waals surface area (Å²) in [6, 6.07) is 0.564. The quantitative estimate of drug-likeness (QED) is 0.766. The molecule has 18 heavy (non-hydrogen) atoms. The van der Waals surface area contributed by atoms with E-state index < -0.39 is 5.60 Å². The molecule has 0 heterocycles. The topological polar surface area (TPSA) is 41.5 Å². The van der Waals surface area contributed by atoms with Gasteiger partial charge in [0.25, 0.3) is 0 Å². The summed E-state index contributed by atoms with van der Waals surface area (Å²) < 4.78 is 5.55. The van der Waals surface area contributed by atoms with Crippen molar-refractivity contribution in [1.29, 1.82) is 0 Å². The highest BCUT2D eigenvalue weighted by Crippen LogP contribution is 2.34. The molecule has 3 heteroatoms. The number of hydrogen-bond acceptors (Lipinski definition) is 3. The lowest BCUT2D eigenvalue weighted by molar-refractivity contribution is -0.0346. The summed E-state index contributed by atoms with van der Waals surface area (Å²) in [4.78, 5) is 0. The molecule has 3 nitrogen and oxygen atoms in total. The highest BCUT2D eigenvalue weighted by Gasteiger charge is 2.35. The van der Waals surface area contributed by atoms with Crippen LogP contribution in [0.3, 0.4) is 0 Å². The second-order valence-corrected chi connectivity index (χ2v) is 6.20. The van der Waals surface area contributed by atoms with Gasteiger partial charge in [-0.2, -0.15) is 0 Å². The van der Waals surface area contributed by atoms with Gasteiger partial charge >= 0.3 is 0 Å². The molecule has 2 aliphatic carbocycles. The maximum atomic E-state index is 10.5. The van der Waals surface area contributed by atoms with Crippen molar-refractivity contribution in [2.75, 3.05) is 13.2 Å². The first kappa shape index (κ1) is 14.3. The number of aliphatic hydroxyl groups is 1. The third kappa shape index (κ3) is 3.69. The molecule has 0 saturated heterocycles. The Morgan fingerprint density at radius 1 is 1.22 bits per heavy atom. The number of ether oxygens (including phenoxy) is 1. The predicted molar refractivity (Wildman–Crippen MR) is 73.6 cm³/mol. The minimum absolute atomic E-state index is 0.442. The Balaban J connectivity index is 1.62. The van der Waals surface area contributed by atoms with Gasteiger partial charge in [0.2, 0.25) is 0 Å². The number of nitrogens with one attached hydrogen (secondary N) is 1. The van der Waals surface area contributed by atoms with Crippen LogP contribution in [0, 0.1) is 5.92 Å². The maximum absolute atomic E-state index is 10.5. The van der Waals surface area contributed by atoms with Crippen LogP contribution in [-0.4, -0.2) is 36.0 Å². The van der Waals surface area contributed by atoms with Gasteiger partial charge in [0, 0.05) is 19.2 Å². The fourth-order valence-electron chi connectivity index (χ4n) is 3.24. The van der Waals surface area contributed by atoms with Crippen molar-refractivity contribution in [2.24, 2.45) is 5.92 Å². The van der Waals surface area contributed by atoms with E-state index in [1.165, 1.54) is 19.3 Å². The SMILES string of the molecule is CCOC1CC(NCC2(O)CCC(CC)CC2)C1. The molecule has 0 unspecified atom stereocenters. The van der Waals surface area contributed by atoms with E-state index in [1.54, 1.807) is 0 Å². The van der Waals surface area contributed by atoms with Gasteiger partial charge in [0.05, 0.1) is 11.7 Å². The Labute approximate surface area is 111 Å². The predicted octanol–water partition coefficient (Wildman–Crippen LogP) is 2.47. The second kappa shape index (κ2) is 6.36. The summed E-state index contributed by atoms with van der Waals surface area (Å²) >= 11 is 0. The molecule has 2 rings (SSSR count). The fourth-order valence-corrected chi connectivity index (χ4v) is 3.24. The first-order chi connectivity index (χ1) is 8.65. The van der Waals surface area contributed by atoms with Crippen LogP contribution in [0.4, 0.5) is 0 Å². The second-order valence-electron chi connectivity index (χ2n) is 6.20. The van der Waals surface area contributed by atoms with Gasteiger partial charge in [-0.15, -0.1) is 0 Å². The standard InChI is InChI=1S/C15H29NO2/c1-3-12-5-7-15(17,8-6-12)11-16-13-9-14(10-13)18-4-2/h12-14,16-17H,3-11H2,1-2H3. The lowest BCUT2D eigenvalue weighted by Gasteiger charge is -2.40. The Morgan fingerprint density at radius 3 is 2.44 bits per heavy atom. The van der Waals surface area contributed by atoms with Crippen molar-refractivity contribution in [2.45, 2.75) is 76.5 Å². The van der Waals surface area contributed by atoms with Crippen LogP contribution in [0.25, 0.3) is 0 Å². The maximum Gasteiger partial charge on any atom is 0.0771 e. The van der Waals surface area contributed by atoms with Crippen molar-refractivity contribution in [3.8, 4) is 0 Å². The summed E-state index contributed by atoms with van der Waals surface area (Å²) in [7, 11) is 0. The fraction of sp³-hybridized carbons (Fsp3) is 1.00. The van der Waals surface area contributed by atoms with Crippen LogP contribution < -0.4 is 5.32 Å². The molecular formula is C15H29NO2. The molecule has 2 N–H and O–H groups in total. The zero-order chi connectivity index (χ0) is 13.0. The van der Waals surface area contributed by atoms with E-state index in [2.05, 4.69) is 19.2 Å². The van der Waals surface area contributed by atoms with E-state index in [1.807, 2.05) is 0 Å². The van der Waals surface area contributed by atoms with Crippen LogP contribution in [0.15, 0.2) is 0 Å². The summed E-state index contributed by atoms with van der Waals surface area (Å²) in [5, 5.41) is 14.0. The third-order valence-corrected chi connectivity index (χ3v) is 4.83. The molecular weight excluding hydrogens is 226 g/mol. The average molecular weight is 255 g/mol. The van der Waals surface area contributed by atoms with Crippen molar-refractivity contribution < 1.29 is 9.84 Å². The van der Waals surface area contributed by atoms with Gasteiger partial charge in [-0.3, -0.25) is 0 Å². The molecule has 0 amide bonds. The highest BCUT2D eigenvalue weighted by molar-refractivity contribution is 4.92. The zero-order valence-electron chi connectivity index (χ0n) is 12.0. The normalized spacial score (nSPS) is 40.5. The van der Waals surface area contributed by atoms with Crippen LogP contribution in [-0.2, 0) is 4.74 Å². The van der Waals surface area contributed by atoms with Crippen molar-refractivity contribution in [3.63, 3.8) is 0 Å². The van der Waals surface area contributed by atoms with E-state index >= 15 is 0 Å². The number of rotatable bonds is 6. The van der Waals surface area contributed by atoms with Gasteiger partial charge < -0.3 is 15.2 Å². The monoisotopic (exact) mass is 255 g/mol. The van der Waals surface area contributed by atoms with Crippen LogP contribution in [0.5, 0.6) is 0 Å². The van der Waals surface area contributed by atoms with E-state index in [0.29, 0.717) is 12.1 Å². The molecule has 2 fully saturated rings. The Hall–Kier alpha value is -0.120. The zero-order valence-corrected chi connectivity index (χ0v) is 12.0. The Bertz CT molecular complexity index is 243. The first-order valence-corrected chi connectivity index (χ1v) is 7.72. The lowest BCUT2D eigenvalue weighted by atomic mass is 9.77. The van der Waals surface area contributed by atoms with Gasteiger partial charge in [0.1, 0.15) is 0 Å². The summed E-state index contributed by atoms with van der Waals surface area (Å²) in [5.74, 6) is 0.844.